The SMILES string of the molecule is CN=C(NCCCc1ccc(OC)c(OC)c1)NCC1(C)CCCS1. The van der Waals surface area contributed by atoms with Gasteiger partial charge in [-0.2, -0.15) is 11.8 Å². The highest BCUT2D eigenvalue weighted by molar-refractivity contribution is 8.00. The van der Waals surface area contributed by atoms with Gasteiger partial charge in [0, 0.05) is 24.9 Å². The molecule has 0 saturated carbocycles. The molecule has 140 valence electrons. The number of rotatable bonds is 8. The lowest BCUT2D eigenvalue weighted by Crippen LogP contribution is -2.43. The number of nitrogens with one attached hydrogen (secondary N) is 2. The predicted octanol–water partition coefficient (Wildman–Crippen LogP) is 3.09. The second kappa shape index (κ2) is 9.80. The highest BCUT2D eigenvalue weighted by Crippen LogP contribution is 2.36. The molecule has 1 aliphatic heterocycles. The first-order chi connectivity index (χ1) is 12.1. The molecule has 1 saturated heterocycles. The Morgan fingerprint density at radius 2 is 2.04 bits per heavy atom. The quantitative estimate of drug-likeness (QED) is 0.421. The molecule has 1 fully saturated rings. The van der Waals surface area contributed by atoms with Crippen LogP contribution in [0, 0.1) is 0 Å². The molecule has 1 heterocycles. The van der Waals surface area contributed by atoms with Gasteiger partial charge < -0.3 is 20.1 Å². The van der Waals surface area contributed by atoms with Crippen molar-refractivity contribution >= 4 is 17.7 Å². The molecule has 1 atom stereocenters. The molecule has 0 spiro atoms. The smallest absolute Gasteiger partial charge is 0.191 e. The standard InChI is InChI=1S/C19H31N3O2S/c1-19(10-6-12-25-19)14-22-18(20-2)21-11-5-7-15-8-9-16(23-3)17(13-15)24-4/h8-9,13H,5-7,10-12,14H2,1-4H3,(H2,20,21,22). The number of hydrogen-bond acceptors (Lipinski definition) is 4. The molecule has 2 N–H and O–H groups in total. The zero-order valence-electron chi connectivity index (χ0n) is 15.9. The van der Waals surface area contributed by atoms with Gasteiger partial charge in [0.15, 0.2) is 17.5 Å². The fourth-order valence-corrected chi connectivity index (χ4v) is 4.25. The Balaban J connectivity index is 1.72. The molecular formula is C19H31N3O2S. The molecule has 1 unspecified atom stereocenters. The summed E-state index contributed by atoms with van der Waals surface area (Å²) in [6.07, 6.45) is 4.61. The summed E-state index contributed by atoms with van der Waals surface area (Å²) in [5.74, 6) is 3.72. The van der Waals surface area contributed by atoms with Gasteiger partial charge in [-0.25, -0.2) is 0 Å². The Hall–Kier alpha value is -1.56. The van der Waals surface area contributed by atoms with Crippen LogP contribution in [-0.4, -0.2) is 50.8 Å². The third-order valence-corrected chi connectivity index (χ3v) is 6.07. The summed E-state index contributed by atoms with van der Waals surface area (Å²) >= 11 is 2.06. The fraction of sp³-hybridized carbons (Fsp3) is 0.632. The molecule has 25 heavy (non-hydrogen) atoms. The first-order valence-electron chi connectivity index (χ1n) is 8.89. The van der Waals surface area contributed by atoms with Gasteiger partial charge >= 0.3 is 0 Å². The number of aliphatic imine (C=N–C) groups is 1. The van der Waals surface area contributed by atoms with Crippen LogP contribution in [0.5, 0.6) is 11.5 Å². The largest absolute Gasteiger partial charge is 0.493 e. The zero-order valence-corrected chi connectivity index (χ0v) is 16.7. The number of methoxy groups -OCH3 is 2. The van der Waals surface area contributed by atoms with Crippen LogP contribution in [0.3, 0.4) is 0 Å². The number of benzene rings is 1. The van der Waals surface area contributed by atoms with Crippen molar-refractivity contribution in [3.8, 4) is 11.5 Å². The summed E-state index contributed by atoms with van der Waals surface area (Å²) < 4.78 is 11.0. The molecular weight excluding hydrogens is 334 g/mol. The van der Waals surface area contributed by atoms with E-state index in [1.807, 2.05) is 19.2 Å². The number of guanidine groups is 1. The van der Waals surface area contributed by atoms with E-state index in [9.17, 15) is 0 Å². The highest BCUT2D eigenvalue weighted by Gasteiger charge is 2.29. The maximum atomic E-state index is 5.36. The second-order valence-electron chi connectivity index (χ2n) is 6.55. The Bertz CT molecular complexity index is 572. The van der Waals surface area contributed by atoms with E-state index >= 15 is 0 Å². The summed E-state index contributed by atoms with van der Waals surface area (Å²) in [5, 5.41) is 6.87. The lowest BCUT2D eigenvalue weighted by molar-refractivity contribution is 0.354. The van der Waals surface area contributed by atoms with Crippen LogP contribution in [0.25, 0.3) is 0 Å². The highest BCUT2D eigenvalue weighted by atomic mass is 32.2. The predicted molar refractivity (Wildman–Crippen MR) is 107 cm³/mol. The maximum absolute atomic E-state index is 5.36. The second-order valence-corrected chi connectivity index (χ2v) is 8.23. The summed E-state index contributed by atoms with van der Waals surface area (Å²) in [5.41, 5.74) is 1.25. The van der Waals surface area contributed by atoms with E-state index in [0.29, 0.717) is 4.75 Å². The van der Waals surface area contributed by atoms with E-state index in [1.165, 1.54) is 24.2 Å². The number of hydrogen-bond donors (Lipinski definition) is 2. The van der Waals surface area contributed by atoms with Crippen molar-refractivity contribution in [2.45, 2.75) is 37.4 Å². The Kier molecular flexibility index (Phi) is 7.75. The topological polar surface area (TPSA) is 54.9 Å². The number of ether oxygens (including phenoxy) is 2. The van der Waals surface area contributed by atoms with Gasteiger partial charge in [-0.1, -0.05) is 6.07 Å². The molecule has 2 rings (SSSR count). The first kappa shape index (κ1) is 19.8. The van der Waals surface area contributed by atoms with Crippen LogP contribution >= 0.6 is 11.8 Å². The maximum Gasteiger partial charge on any atom is 0.191 e. The van der Waals surface area contributed by atoms with Gasteiger partial charge in [-0.05, 0) is 56.1 Å². The molecule has 0 bridgehead atoms. The third kappa shape index (κ3) is 6.03. The van der Waals surface area contributed by atoms with E-state index in [4.69, 9.17) is 9.47 Å². The van der Waals surface area contributed by atoms with Gasteiger partial charge in [0.05, 0.1) is 14.2 Å². The molecule has 0 aromatic heterocycles. The normalized spacial score (nSPS) is 20.4. The Morgan fingerprint density at radius 1 is 1.24 bits per heavy atom. The summed E-state index contributed by atoms with van der Waals surface area (Å²) in [6.45, 7) is 4.19. The van der Waals surface area contributed by atoms with Crippen LogP contribution in [-0.2, 0) is 6.42 Å². The van der Waals surface area contributed by atoms with Crippen molar-refractivity contribution in [3.05, 3.63) is 23.8 Å². The van der Waals surface area contributed by atoms with Crippen molar-refractivity contribution in [1.82, 2.24) is 10.6 Å². The number of nitrogens with zero attached hydrogens (tertiary/aromatic N) is 1. The first-order valence-corrected chi connectivity index (χ1v) is 9.88. The molecule has 1 aromatic carbocycles. The van der Waals surface area contributed by atoms with Gasteiger partial charge in [0.25, 0.3) is 0 Å². The monoisotopic (exact) mass is 365 g/mol. The zero-order chi connectivity index (χ0) is 18.1. The van der Waals surface area contributed by atoms with Gasteiger partial charge in [-0.15, -0.1) is 0 Å². The average molecular weight is 366 g/mol. The van der Waals surface area contributed by atoms with Crippen molar-refractivity contribution in [3.63, 3.8) is 0 Å². The molecule has 0 aliphatic carbocycles. The average Bonchev–Trinajstić information content (AvgIpc) is 3.07. The Morgan fingerprint density at radius 3 is 2.68 bits per heavy atom. The van der Waals surface area contributed by atoms with Crippen molar-refractivity contribution in [2.75, 3.05) is 40.1 Å². The van der Waals surface area contributed by atoms with Gasteiger partial charge in [0.2, 0.25) is 0 Å². The van der Waals surface area contributed by atoms with Crippen molar-refractivity contribution in [2.24, 2.45) is 4.99 Å². The van der Waals surface area contributed by atoms with Crippen molar-refractivity contribution < 1.29 is 9.47 Å². The molecule has 0 amide bonds. The van der Waals surface area contributed by atoms with Gasteiger partial charge in [-0.3, -0.25) is 4.99 Å². The molecule has 6 heteroatoms. The molecule has 5 nitrogen and oxygen atoms in total. The van der Waals surface area contributed by atoms with E-state index < -0.39 is 0 Å². The minimum Gasteiger partial charge on any atom is -0.493 e. The minimum absolute atomic E-state index is 0.345. The van der Waals surface area contributed by atoms with Crippen LogP contribution in [0.15, 0.2) is 23.2 Å². The van der Waals surface area contributed by atoms with E-state index in [2.05, 4.69) is 40.4 Å². The minimum atomic E-state index is 0.345. The third-order valence-electron chi connectivity index (χ3n) is 4.54. The number of aryl methyl sites for hydroxylation is 1. The molecule has 1 aliphatic rings. The molecule has 1 aromatic rings. The van der Waals surface area contributed by atoms with Crippen LogP contribution < -0.4 is 20.1 Å². The lowest BCUT2D eigenvalue weighted by Gasteiger charge is -2.24. The van der Waals surface area contributed by atoms with Crippen molar-refractivity contribution in [1.29, 1.82) is 0 Å². The lowest BCUT2D eigenvalue weighted by atomic mass is 10.1. The summed E-state index contributed by atoms with van der Waals surface area (Å²) in [7, 11) is 5.15. The van der Waals surface area contributed by atoms with Crippen LogP contribution in [0.1, 0.15) is 31.7 Å². The summed E-state index contributed by atoms with van der Waals surface area (Å²) in [4.78, 5) is 4.32. The number of thioether (sulfide) groups is 1. The van der Waals surface area contributed by atoms with E-state index in [-0.39, 0.29) is 0 Å². The van der Waals surface area contributed by atoms with Gasteiger partial charge in [0.1, 0.15) is 0 Å². The Labute approximate surface area is 156 Å². The fourth-order valence-electron chi connectivity index (χ4n) is 3.00. The van der Waals surface area contributed by atoms with E-state index in [0.717, 1.165) is 43.4 Å². The van der Waals surface area contributed by atoms with E-state index in [1.54, 1.807) is 14.2 Å². The summed E-state index contributed by atoms with van der Waals surface area (Å²) in [6, 6.07) is 6.10. The van der Waals surface area contributed by atoms with Crippen LogP contribution in [0.4, 0.5) is 0 Å². The molecule has 0 radical (unpaired) electrons. The van der Waals surface area contributed by atoms with Crippen LogP contribution in [0.2, 0.25) is 0 Å².